The van der Waals surface area contributed by atoms with E-state index in [4.69, 9.17) is 5.11 Å². The Morgan fingerprint density at radius 1 is 1.35 bits per heavy atom. The Hall–Kier alpha value is -1.76. The molecule has 1 saturated carbocycles. The smallest absolute Gasteiger partial charge is 0.335 e. The molecule has 6 nitrogen and oxygen atoms in total. The third kappa shape index (κ3) is 2.33. The molecule has 2 aromatic rings. The highest BCUT2D eigenvalue weighted by Gasteiger charge is 2.24. The maximum absolute atomic E-state index is 11.0. The van der Waals surface area contributed by atoms with Crippen LogP contribution in [0.2, 0.25) is 0 Å². The average Bonchev–Trinajstić information content (AvgIpc) is 3.09. The molecule has 1 aliphatic rings. The molecule has 1 aromatic heterocycles. The third-order valence-electron chi connectivity index (χ3n) is 3.64. The van der Waals surface area contributed by atoms with Crippen LogP contribution in [0.5, 0.6) is 0 Å². The van der Waals surface area contributed by atoms with Gasteiger partial charge in [-0.05, 0) is 57.4 Å². The summed E-state index contributed by atoms with van der Waals surface area (Å²) >= 11 is 3.40. The zero-order valence-electron chi connectivity index (χ0n) is 10.7. The lowest BCUT2D eigenvalue weighted by atomic mass is 10.1. The van der Waals surface area contributed by atoms with Gasteiger partial charge in [-0.1, -0.05) is 12.8 Å². The number of carbonyl (C=O) groups is 1. The van der Waals surface area contributed by atoms with Crippen LogP contribution in [0.25, 0.3) is 5.69 Å². The van der Waals surface area contributed by atoms with Gasteiger partial charge in [-0.25, -0.2) is 4.79 Å². The number of carboxylic acids is 1. The van der Waals surface area contributed by atoms with Crippen LogP contribution in [0, 0.1) is 0 Å². The second kappa shape index (κ2) is 5.32. The number of benzene rings is 1. The summed E-state index contributed by atoms with van der Waals surface area (Å²) in [6.45, 7) is 0. The molecule has 0 unspecified atom stereocenters. The number of aromatic nitrogens is 4. The Morgan fingerprint density at radius 2 is 2.10 bits per heavy atom. The number of rotatable bonds is 3. The highest BCUT2D eigenvalue weighted by atomic mass is 79.9. The average molecular weight is 337 g/mol. The van der Waals surface area contributed by atoms with Crippen molar-refractivity contribution in [1.82, 2.24) is 20.2 Å². The molecule has 3 rings (SSSR count). The maximum Gasteiger partial charge on any atom is 0.335 e. The van der Waals surface area contributed by atoms with Gasteiger partial charge in [-0.2, -0.15) is 4.68 Å². The normalized spacial score (nSPS) is 15.7. The summed E-state index contributed by atoms with van der Waals surface area (Å²) in [4.78, 5) is 11.0. The number of hydrogen-bond acceptors (Lipinski definition) is 4. The predicted molar refractivity (Wildman–Crippen MR) is 75.0 cm³/mol. The third-order valence-corrected chi connectivity index (χ3v) is 4.27. The zero-order chi connectivity index (χ0) is 14.1. The van der Waals surface area contributed by atoms with Crippen LogP contribution in [-0.4, -0.2) is 31.3 Å². The van der Waals surface area contributed by atoms with Crippen LogP contribution in [0.1, 0.15) is 47.8 Å². The van der Waals surface area contributed by atoms with E-state index in [-0.39, 0.29) is 5.56 Å². The van der Waals surface area contributed by atoms with Crippen molar-refractivity contribution in [2.45, 2.75) is 31.6 Å². The van der Waals surface area contributed by atoms with E-state index in [9.17, 15) is 4.79 Å². The van der Waals surface area contributed by atoms with E-state index in [0.717, 1.165) is 24.4 Å². The molecular formula is C13H13BrN4O2. The Labute approximate surface area is 123 Å². The van der Waals surface area contributed by atoms with Gasteiger partial charge in [-0.15, -0.1) is 5.10 Å². The summed E-state index contributed by atoms with van der Waals surface area (Å²) in [6, 6.07) is 4.85. The molecule has 0 aliphatic heterocycles. The molecule has 0 spiro atoms. The van der Waals surface area contributed by atoms with Gasteiger partial charge in [0.2, 0.25) is 0 Å². The highest BCUT2D eigenvalue weighted by molar-refractivity contribution is 9.10. The molecule has 0 bridgehead atoms. The van der Waals surface area contributed by atoms with Gasteiger partial charge in [0.1, 0.15) is 0 Å². The van der Waals surface area contributed by atoms with Crippen molar-refractivity contribution >= 4 is 21.9 Å². The standard InChI is InChI=1S/C13H13BrN4O2/c14-10-7-9(13(19)20)5-6-11(10)18-12(15-16-17-18)8-3-1-2-4-8/h5-8H,1-4H2,(H,19,20). The minimum atomic E-state index is -0.954. The molecule has 1 N–H and O–H groups in total. The number of halogens is 1. The second-order valence-electron chi connectivity index (χ2n) is 4.90. The van der Waals surface area contributed by atoms with Crippen molar-refractivity contribution in [3.63, 3.8) is 0 Å². The largest absolute Gasteiger partial charge is 0.478 e. The van der Waals surface area contributed by atoms with Crippen LogP contribution in [0.3, 0.4) is 0 Å². The first-order valence-electron chi connectivity index (χ1n) is 6.48. The molecule has 104 valence electrons. The molecular weight excluding hydrogens is 324 g/mol. The fourth-order valence-electron chi connectivity index (χ4n) is 2.62. The van der Waals surface area contributed by atoms with E-state index in [1.807, 2.05) is 0 Å². The predicted octanol–water partition coefficient (Wildman–Crippen LogP) is 2.78. The number of carboxylic acid groups (broad SMARTS) is 1. The highest BCUT2D eigenvalue weighted by Crippen LogP contribution is 2.34. The van der Waals surface area contributed by atoms with E-state index in [2.05, 4.69) is 31.5 Å². The van der Waals surface area contributed by atoms with Crippen LogP contribution in [0.4, 0.5) is 0 Å². The Kier molecular flexibility index (Phi) is 3.52. The van der Waals surface area contributed by atoms with Gasteiger partial charge in [0.25, 0.3) is 0 Å². The molecule has 20 heavy (non-hydrogen) atoms. The summed E-state index contributed by atoms with van der Waals surface area (Å²) in [7, 11) is 0. The monoisotopic (exact) mass is 336 g/mol. The van der Waals surface area contributed by atoms with E-state index in [1.54, 1.807) is 22.9 Å². The fraction of sp³-hybridized carbons (Fsp3) is 0.385. The quantitative estimate of drug-likeness (QED) is 0.931. The van der Waals surface area contributed by atoms with Crippen molar-refractivity contribution in [2.75, 3.05) is 0 Å². The zero-order valence-corrected chi connectivity index (χ0v) is 12.2. The van der Waals surface area contributed by atoms with Crippen molar-refractivity contribution in [3.05, 3.63) is 34.1 Å². The molecule has 0 atom stereocenters. The summed E-state index contributed by atoms with van der Waals surface area (Å²) in [6.07, 6.45) is 4.61. The summed E-state index contributed by atoms with van der Waals surface area (Å²) < 4.78 is 2.37. The lowest BCUT2D eigenvalue weighted by Crippen LogP contribution is -2.08. The number of hydrogen-bond donors (Lipinski definition) is 1. The van der Waals surface area contributed by atoms with Crippen molar-refractivity contribution in [3.8, 4) is 5.69 Å². The Balaban J connectivity index is 2.01. The summed E-state index contributed by atoms with van der Waals surface area (Å²) in [5.74, 6) is 0.285. The molecule has 0 radical (unpaired) electrons. The lowest BCUT2D eigenvalue weighted by molar-refractivity contribution is 0.0697. The first-order valence-corrected chi connectivity index (χ1v) is 7.27. The number of aromatic carboxylic acids is 1. The minimum Gasteiger partial charge on any atom is -0.478 e. The molecule has 1 aliphatic carbocycles. The van der Waals surface area contributed by atoms with Crippen LogP contribution >= 0.6 is 15.9 Å². The van der Waals surface area contributed by atoms with Gasteiger partial charge in [-0.3, -0.25) is 0 Å². The van der Waals surface area contributed by atoms with Gasteiger partial charge in [0.15, 0.2) is 5.82 Å². The molecule has 1 fully saturated rings. The first kappa shape index (κ1) is 13.2. The molecule has 1 aromatic carbocycles. The van der Waals surface area contributed by atoms with Crippen molar-refractivity contribution in [2.24, 2.45) is 0 Å². The van der Waals surface area contributed by atoms with E-state index in [0.29, 0.717) is 10.4 Å². The topological polar surface area (TPSA) is 80.9 Å². The molecule has 0 amide bonds. The summed E-state index contributed by atoms with van der Waals surface area (Å²) in [5.41, 5.74) is 0.998. The maximum atomic E-state index is 11.0. The SMILES string of the molecule is O=C(O)c1ccc(-n2nnnc2C2CCCC2)c(Br)c1. The van der Waals surface area contributed by atoms with E-state index < -0.39 is 5.97 Å². The second-order valence-corrected chi connectivity index (χ2v) is 5.76. The van der Waals surface area contributed by atoms with Crippen molar-refractivity contribution < 1.29 is 9.90 Å². The Morgan fingerprint density at radius 3 is 2.75 bits per heavy atom. The Bertz CT molecular complexity index is 650. The van der Waals surface area contributed by atoms with Crippen molar-refractivity contribution in [1.29, 1.82) is 0 Å². The van der Waals surface area contributed by atoms with E-state index in [1.165, 1.54) is 12.8 Å². The number of nitrogens with zero attached hydrogens (tertiary/aromatic N) is 4. The fourth-order valence-corrected chi connectivity index (χ4v) is 3.16. The van der Waals surface area contributed by atoms with Crippen LogP contribution in [0.15, 0.2) is 22.7 Å². The molecule has 7 heteroatoms. The van der Waals surface area contributed by atoms with Gasteiger partial charge < -0.3 is 5.11 Å². The van der Waals surface area contributed by atoms with E-state index >= 15 is 0 Å². The first-order chi connectivity index (χ1) is 9.66. The summed E-state index contributed by atoms with van der Waals surface area (Å²) in [5, 5.41) is 20.9. The molecule has 0 saturated heterocycles. The van der Waals surface area contributed by atoms with Crippen LogP contribution < -0.4 is 0 Å². The van der Waals surface area contributed by atoms with Crippen LogP contribution in [-0.2, 0) is 0 Å². The van der Waals surface area contributed by atoms with Gasteiger partial charge in [0, 0.05) is 10.4 Å². The van der Waals surface area contributed by atoms with Gasteiger partial charge in [0.05, 0.1) is 11.3 Å². The van der Waals surface area contributed by atoms with Gasteiger partial charge >= 0.3 is 5.97 Å². The lowest BCUT2D eigenvalue weighted by Gasteiger charge is -2.11. The minimum absolute atomic E-state index is 0.233. The molecule has 1 heterocycles. The number of tetrazole rings is 1.